The van der Waals surface area contributed by atoms with E-state index >= 15 is 0 Å². The molecular weight excluding hydrogens is 308 g/mol. The molecule has 0 spiro atoms. The van der Waals surface area contributed by atoms with Crippen LogP contribution in [-0.4, -0.2) is 35.9 Å². The summed E-state index contributed by atoms with van der Waals surface area (Å²) in [5.74, 6) is 4.83. The number of carbonyl (C=O) groups excluding carboxylic acids is 1. The molecule has 1 aliphatic carbocycles. The van der Waals surface area contributed by atoms with Gasteiger partial charge in [0, 0.05) is 19.5 Å². The SMILES string of the molecule is CCCC(CCNC(C)=O)CCC1(C(=O)O)CCC(NC=NN)C1. The van der Waals surface area contributed by atoms with E-state index < -0.39 is 11.4 Å². The van der Waals surface area contributed by atoms with E-state index in [4.69, 9.17) is 5.84 Å². The summed E-state index contributed by atoms with van der Waals surface area (Å²) in [4.78, 5) is 22.9. The molecule has 0 aromatic carbocycles. The normalized spacial score (nSPS) is 24.8. The largest absolute Gasteiger partial charge is 0.481 e. The van der Waals surface area contributed by atoms with Gasteiger partial charge in [0.05, 0.1) is 5.41 Å². The van der Waals surface area contributed by atoms with Crippen LogP contribution in [0, 0.1) is 11.3 Å². The Hall–Kier alpha value is -1.79. The van der Waals surface area contributed by atoms with Gasteiger partial charge in [-0.1, -0.05) is 19.8 Å². The van der Waals surface area contributed by atoms with Crippen LogP contribution in [0.2, 0.25) is 0 Å². The second kappa shape index (κ2) is 10.2. The van der Waals surface area contributed by atoms with Crippen molar-refractivity contribution in [2.24, 2.45) is 22.3 Å². The minimum absolute atomic E-state index is 0.0152. The van der Waals surface area contributed by atoms with Gasteiger partial charge in [-0.05, 0) is 44.4 Å². The number of aliphatic carboxylic acids is 1. The highest BCUT2D eigenvalue weighted by molar-refractivity contribution is 5.75. The van der Waals surface area contributed by atoms with Crippen LogP contribution in [0.25, 0.3) is 0 Å². The maximum atomic E-state index is 11.9. The van der Waals surface area contributed by atoms with Crippen LogP contribution >= 0.6 is 0 Å². The predicted octanol–water partition coefficient (Wildman–Crippen LogP) is 1.82. The van der Waals surface area contributed by atoms with E-state index in [0.29, 0.717) is 31.7 Å². The topological polar surface area (TPSA) is 117 Å². The van der Waals surface area contributed by atoms with Crippen LogP contribution in [0.3, 0.4) is 0 Å². The van der Waals surface area contributed by atoms with Crippen molar-refractivity contribution >= 4 is 18.2 Å². The van der Waals surface area contributed by atoms with E-state index in [0.717, 1.165) is 32.1 Å². The maximum Gasteiger partial charge on any atom is 0.309 e. The van der Waals surface area contributed by atoms with Crippen LogP contribution in [0.15, 0.2) is 5.10 Å². The average Bonchev–Trinajstić information content (AvgIpc) is 2.95. The first-order valence-electron chi connectivity index (χ1n) is 8.89. The first-order valence-corrected chi connectivity index (χ1v) is 8.89. The zero-order valence-corrected chi connectivity index (χ0v) is 14.9. The van der Waals surface area contributed by atoms with Crippen molar-refractivity contribution in [2.45, 2.75) is 71.3 Å². The number of carboxylic acid groups (broad SMARTS) is 1. The summed E-state index contributed by atoms with van der Waals surface area (Å²) in [7, 11) is 0. The fourth-order valence-electron chi connectivity index (χ4n) is 3.72. The van der Waals surface area contributed by atoms with Crippen molar-refractivity contribution in [1.82, 2.24) is 10.6 Å². The number of hydrogen-bond acceptors (Lipinski definition) is 4. The van der Waals surface area contributed by atoms with Gasteiger partial charge in [-0.2, -0.15) is 5.10 Å². The van der Waals surface area contributed by atoms with Crippen molar-refractivity contribution in [1.29, 1.82) is 0 Å². The molecule has 1 saturated carbocycles. The van der Waals surface area contributed by atoms with Crippen molar-refractivity contribution < 1.29 is 14.7 Å². The number of amides is 1. The number of carbonyl (C=O) groups is 2. The first-order chi connectivity index (χ1) is 11.4. The molecule has 7 nitrogen and oxygen atoms in total. The lowest BCUT2D eigenvalue weighted by Crippen LogP contribution is -2.33. The monoisotopic (exact) mass is 340 g/mol. The minimum Gasteiger partial charge on any atom is -0.481 e. The summed E-state index contributed by atoms with van der Waals surface area (Å²) < 4.78 is 0. The van der Waals surface area contributed by atoms with Crippen LogP contribution in [0.5, 0.6) is 0 Å². The Morgan fingerprint density at radius 3 is 2.75 bits per heavy atom. The predicted molar refractivity (Wildman–Crippen MR) is 94.5 cm³/mol. The Bertz CT molecular complexity index is 442. The summed E-state index contributed by atoms with van der Waals surface area (Å²) in [6, 6.07) is 0.123. The molecule has 1 fully saturated rings. The van der Waals surface area contributed by atoms with Gasteiger partial charge in [0.1, 0.15) is 6.34 Å². The number of nitrogens with two attached hydrogens (primary N) is 1. The number of carboxylic acids is 1. The summed E-state index contributed by atoms with van der Waals surface area (Å²) in [5, 5.41) is 19.1. The van der Waals surface area contributed by atoms with Gasteiger partial charge in [-0.25, -0.2) is 0 Å². The first kappa shape index (κ1) is 20.3. The lowest BCUT2D eigenvalue weighted by Gasteiger charge is -2.27. The Morgan fingerprint density at radius 1 is 1.42 bits per heavy atom. The second-order valence-electron chi connectivity index (χ2n) is 6.94. The van der Waals surface area contributed by atoms with Crippen molar-refractivity contribution in [2.75, 3.05) is 6.54 Å². The van der Waals surface area contributed by atoms with Gasteiger partial charge >= 0.3 is 5.97 Å². The molecule has 1 rings (SSSR count). The van der Waals surface area contributed by atoms with Gasteiger partial charge in [-0.15, -0.1) is 0 Å². The molecular formula is C17H32N4O3. The summed E-state index contributed by atoms with van der Waals surface area (Å²) >= 11 is 0. The van der Waals surface area contributed by atoms with Crippen LogP contribution in [0.1, 0.15) is 65.2 Å². The lowest BCUT2D eigenvalue weighted by atomic mass is 9.78. The Kier molecular flexibility index (Phi) is 8.57. The molecule has 3 unspecified atom stereocenters. The van der Waals surface area contributed by atoms with Gasteiger partial charge in [-0.3, -0.25) is 9.59 Å². The quantitative estimate of drug-likeness (QED) is 0.198. The fourth-order valence-corrected chi connectivity index (χ4v) is 3.72. The molecule has 7 heteroatoms. The molecule has 1 amide bonds. The van der Waals surface area contributed by atoms with E-state index in [1.54, 1.807) is 0 Å². The van der Waals surface area contributed by atoms with Crippen LogP contribution in [0.4, 0.5) is 0 Å². The van der Waals surface area contributed by atoms with Gasteiger partial charge in [0.15, 0.2) is 0 Å². The molecule has 138 valence electrons. The highest BCUT2D eigenvalue weighted by atomic mass is 16.4. The van der Waals surface area contributed by atoms with E-state index in [-0.39, 0.29) is 11.9 Å². The lowest BCUT2D eigenvalue weighted by molar-refractivity contribution is -0.149. The van der Waals surface area contributed by atoms with Crippen LogP contribution < -0.4 is 16.5 Å². The summed E-state index contributed by atoms with van der Waals surface area (Å²) in [5.41, 5.74) is -0.653. The van der Waals surface area contributed by atoms with Crippen molar-refractivity contribution in [3.05, 3.63) is 0 Å². The smallest absolute Gasteiger partial charge is 0.309 e. The van der Waals surface area contributed by atoms with E-state index in [1.165, 1.54) is 13.3 Å². The zero-order chi connectivity index (χ0) is 18.0. The third-order valence-corrected chi connectivity index (χ3v) is 5.10. The number of hydrazone groups is 1. The van der Waals surface area contributed by atoms with Crippen LogP contribution in [-0.2, 0) is 9.59 Å². The number of rotatable bonds is 11. The molecule has 24 heavy (non-hydrogen) atoms. The molecule has 5 N–H and O–H groups in total. The highest BCUT2D eigenvalue weighted by Gasteiger charge is 2.45. The Balaban J connectivity index is 2.57. The molecule has 0 heterocycles. The maximum absolute atomic E-state index is 11.9. The molecule has 0 saturated heterocycles. The van der Waals surface area contributed by atoms with Gasteiger partial charge < -0.3 is 21.6 Å². The number of hydrogen-bond donors (Lipinski definition) is 4. The Morgan fingerprint density at radius 2 is 2.17 bits per heavy atom. The molecule has 0 radical (unpaired) electrons. The summed E-state index contributed by atoms with van der Waals surface area (Å²) in [6.45, 7) is 4.32. The molecule has 3 atom stereocenters. The Labute approximate surface area is 144 Å². The van der Waals surface area contributed by atoms with Gasteiger partial charge in [0.25, 0.3) is 0 Å². The van der Waals surface area contributed by atoms with Gasteiger partial charge in [0.2, 0.25) is 5.91 Å². The summed E-state index contributed by atoms with van der Waals surface area (Å²) in [6.07, 6.45) is 8.17. The second-order valence-corrected chi connectivity index (χ2v) is 6.94. The molecule has 0 bridgehead atoms. The van der Waals surface area contributed by atoms with Crippen molar-refractivity contribution in [3.8, 4) is 0 Å². The minimum atomic E-state index is -0.700. The van der Waals surface area contributed by atoms with E-state index in [2.05, 4.69) is 22.7 Å². The average molecular weight is 340 g/mol. The third-order valence-electron chi connectivity index (χ3n) is 5.10. The zero-order valence-electron chi connectivity index (χ0n) is 14.9. The van der Waals surface area contributed by atoms with E-state index in [1.807, 2.05) is 0 Å². The third kappa shape index (κ3) is 6.37. The molecule has 0 aliphatic heterocycles. The standard InChI is InChI=1S/C17H32N4O3/c1-3-4-14(7-10-19-13(2)22)5-8-17(16(23)24)9-6-15(11-17)20-12-21-18/h12,14-15H,3-11,18H2,1-2H3,(H,19,22)(H,20,21)(H,23,24). The van der Waals surface area contributed by atoms with Crippen molar-refractivity contribution in [3.63, 3.8) is 0 Å². The highest BCUT2D eigenvalue weighted by Crippen LogP contribution is 2.43. The van der Waals surface area contributed by atoms with E-state index in [9.17, 15) is 14.7 Å². The molecule has 0 aromatic heterocycles. The fraction of sp³-hybridized carbons (Fsp3) is 0.824. The molecule has 1 aliphatic rings. The number of nitrogens with one attached hydrogen (secondary N) is 2. The number of nitrogens with zero attached hydrogens (tertiary/aromatic N) is 1. The molecule has 0 aromatic rings.